The number of aromatic nitrogens is 2. The van der Waals surface area contributed by atoms with Crippen molar-refractivity contribution in [2.45, 2.75) is 13.1 Å². The minimum atomic E-state index is -0.214. The Hall–Kier alpha value is -2.58. The first-order chi connectivity index (χ1) is 13.4. The number of nitrogens with zero attached hydrogens (tertiary/aromatic N) is 2. The van der Waals surface area contributed by atoms with Gasteiger partial charge in [-0.05, 0) is 31.3 Å². The summed E-state index contributed by atoms with van der Waals surface area (Å²) in [5, 5.41) is 0.456. The molecule has 0 aliphatic rings. The van der Waals surface area contributed by atoms with E-state index in [1.807, 2.05) is 25.2 Å². The minimum Gasteiger partial charge on any atom is -0.496 e. The van der Waals surface area contributed by atoms with Crippen LogP contribution in [-0.2, 0) is 13.1 Å². The highest BCUT2D eigenvalue weighted by Gasteiger charge is 2.13. The predicted octanol–water partition coefficient (Wildman–Crippen LogP) is 3.34. The number of ether oxygens (including phenoxy) is 3. The molecule has 3 aromatic rings. The second-order valence-corrected chi connectivity index (χ2v) is 7.28. The van der Waals surface area contributed by atoms with E-state index in [0.29, 0.717) is 41.3 Å². The SMILES string of the molecule is COc1ccc(Br)cc1CN(C)Cc1nc2cc(OC)c(OC)cc2c(=O)[nH]1. The zero-order valence-electron chi connectivity index (χ0n) is 16.2. The van der Waals surface area contributed by atoms with E-state index in [2.05, 4.69) is 30.8 Å². The highest BCUT2D eigenvalue weighted by Crippen LogP contribution is 2.30. The normalized spacial score (nSPS) is 11.1. The lowest BCUT2D eigenvalue weighted by Gasteiger charge is -2.18. The number of H-pyrrole nitrogens is 1. The van der Waals surface area contributed by atoms with E-state index in [9.17, 15) is 4.79 Å². The Labute approximate surface area is 171 Å². The second-order valence-electron chi connectivity index (χ2n) is 6.37. The van der Waals surface area contributed by atoms with Gasteiger partial charge in [-0.1, -0.05) is 15.9 Å². The predicted molar refractivity (Wildman–Crippen MR) is 111 cm³/mol. The third-order valence-electron chi connectivity index (χ3n) is 4.36. The van der Waals surface area contributed by atoms with Crippen molar-refractivity contribution in [1.82, 2.24) is 14.9 Å². The van der Waals surface area contributed by atoms with Crippen molar-refractivity contribution in [2.75, 3.05) is 28.4 Å². The molecule has 0 spiro atoms. The van der Waals surface area contributed by atoms with Crippen LogP contribution in [0.3, 0.4) is 0 Å². The van der Waals surface area contributed by atoms with Crippen LogP contribution in [0, 0.1) is 0 Å². The molecule has 1 N–H and O–H groups in total. The first-order valence-electron chi connectivity index (χ1n) is 8.61. The standard InChI is InChI=1S/C20H22BrN3O4/c1-24(10-12-7-13(21)5-6-16(12)26-2)11-19-22-15-9-18(28-4)17(27-3)8-14(15)20(25)23-19/h5-9H,10-11H2,1-4H3,(H,22,23,25). The Bertz CT molecular complexity index is 1050. The van der Waals surface area contributed by atoms with Gasteiger partial charge in [0.1, 0.15) is 11.6 Å². The van der Waals surface area contributed by atoms with Crippen LogP contribution in [0.1, 0.15) is 11.4 Å². The van der Waals surface area contributed by atoms with Crippen LogP contribution in [0.15, 0.2) is 39.6 Å². The summed E-state index contributed by atoms with van der Waals surface area (Å²) < 4.78 is 17.0. The summed E-state index contributed by atoms with van der Waals surface area (Å²) in [5.41, 5.74) is 1.38. The summed E-state index contributed by atoms with van der Waals surface area (Å²) in [4.78, 5) is 22.0. The third kappa shape index (κ3) is 4.28. The average molecular weight is 448 g/mol. The summed E-state index contributed by atoms with van der Waals surface area (Å²) in [6, 6.07) is 9.22. The summed E-state index contributed by atoms with van der Waals surface area (Å²) in [7, 11) is 6.69. The molecule has 0 unspecified atom stereocenters. The average Bonchev–Trinajstić information content (AvgIpc) is 2.67. The van der Waals surface area contributed by atoms with Crippen LogP contribution in [0.5, 0.6) is 17.2 Å². The van der Waals surface area contributed by atoms with Crippen molar-refractivity contribution in [3.8, 4) is 17.2 Å². The number of nitrogens with one attached hydrogen (secondary N) is 1. The van der Waals surface area contributed by atoms with E-state index in [1.54, 1.807) is 26.4 Å². The molecule has 8 heteroatoms. The van der Waals surface area contributed by atoms with Crippen LogP contribution >= 0.6 is 15.9 Å². The smallest absolute Gasteiger partial charge is 0.258 e. The number of benzene rings is 2. The number of fused-ring (bicyclic) bond motifs is 1. The highest BCUT2D eigenvalue weighted by molar-refractivity contribution is 9.10. The largest absolute Gasteiger partial charge is 0.496 e. The molecule has 28 heavy (non-hydrogen) atoms. The lowest BCUT2D eigenvalue weighted by atomic mass is 10.2. The van der Waals surface area contributed by atoms with E-state index in [4.69, 9.17) is 14.2 Å². The summed E-state index contributed by atoms with van der Waals surface area (Å²) in [5.74, 6) is 2.41. The van der Waals surface area contributed by atoms with Gasteiger partial charge >= 0.3 is 0 Å². The number of rotatable bonds is 7. The number of aromatic amines is 1. The lowest BCUT2D eigenvalue weighted by Crippen LogP contribution is -2.22. The van der Waals surface area contributed by atoms with E-state index in [-0.39, 0.29) is 5.56 Å². The first kappa shape index (κ1) is 20.2. The maximum atomic E-state index is 12.5. The van der Waals surface area contributed by atoms with Gasteiger partial charge in [0.05, 0.1) is 38.8 Å². The maximum Gasteiger partial charge on any atom is 0.258 e. The van der Waals surface area contributed by atoms with Gasteiger partial charge in [-0.25, -0.2) is 4.98 Å². The van der Waals surface area contributed by atoms with Gasteiger partial charge in [0.25, 0.3) is 5.56 Å². The molecule has 1 heterocycles. The molecular weight excluding hydrogens is 426 g/mol. The van der Waals surface area contributed by atoms with Gasteiger partial charge in [-0.15, -0.1) is 0 Å². The van der Waals surface area contributed by atoms with Crippen molar-refractivity contribution in [1.29, 1.82) is 0 Å². The Kier molecular flexibility index (Phi) is 6.21. The molecular formula is C20H22BrN3O4. The number of hydrogen-bond acceptors (Lipinski definition) is 6. The molecule has 3 rings (SSSR count). The van der Waals surface area contributed by atoms with Gasteiger partial charge < -0.3 is 19.2 Å². The molecule has 0 atom stereocenters. The fourth-order valence-electron chi connectivity index (χ4n) is 3.06. The zero-order chi connectivity index (χ0) is 20.3. The molecule has 0 aliphatic carbocycles. The Morgan fingerprint density at radius 2 is 1.68 bits per heavy atom. The Morgan fingerprint density at radius 1 is 1.00 bits per heavy atom. The maximum absolute atomic E-state index is 12.5. The molecule has 0 radical (unpaired) electrons. The molecule has 1 aromatic heterocycles. The topological polar surface area (TPSA) is 76.7 Å². The quantitative estimate of drug-likeness (QED) is 0.598. The molecule has 0 bridgehead atoms. The zero-order valence-corrected chi connectivity index (χ0v) is 17.8. The van der Waals surface area contributed by atoms with Crippen molar-refractivity contribution in [2.24, 2.45) is 0 Å². The summed E-state index contributed by atoms with van der Waals surface area (Å²) in [6.45, 7) is 1.10. The van der Waals surface area contributed by atoms with Crippen molar-refractivity contribution >= 4 is 26.8 Å². The molecule has 0 saturated carbocycles. The second kappa shape index (κ2) is 8.62. The van der Waals surface area contributed by atoms with Gasteiger partial charge in [0.15, 0.2) is 11.5 Å². The van der Waals surface area contributed by atoms with E-state index >= 15 is 0 Å². The highest BCUT2D eigenvalue weighted by atomic mass is 79.9. The lowest BCUT2D eigenvalue weighted by molar-refractivity contribution is 0.302. The minimum absolute atomic E-state index is 0.214. The Balaban J connectivity index is 1.88. The Morgan fingerprint density at radius 3 is 2.36 bits per heavy atom. The molecule has 148 valence electrons. The van der Waals surface area contributed by atoms with Crippen molar-refractivity contribution in [3.63, 3.8) is 0 Å². The van der Waals surface area contributed by atoms with Crippen LogP contribution in [0.25, 0.3) is 10.9 Å². The molecule has 0 aliphatic heterocycles. The third-order valence-corrected chi connectivity index (χ3v) is 4.86. The summed E-state index contributed by atoms with van der Waals surface area (Å²) in [6.07, 6.45) is 0. The van der Waals surface area contributed by atoms with E-state index in [0.717, 1.165) is 15.8 Å². The number of halogens is 1. The van der Waals surface area contributed by atoms with E-state index in [1.165, 1.54) is 7.11 Å². The van der Waals surface area contributed by atoms with Crippen LogP contribution in [0.4, 0.5) is 0 Å². The monoisotopic (exact) mass is 447 g/mol. The van der Waals surface area contributed by atoms with Crippen LogP contribution in [0.2, 0.25) is 0 Å². The van der Waals surface area contributed by atoms with Gasteiger partial charge in [0.2, 0.25) is 0 Å². The van der Waals surface area contributed by atoms with Gasteiger partial charge in [-0.2, -0.15) is 0 Å². The van der Waals surface area contributed by atoms with Crippen LogP contribution < -0.4 is 19.8 Å². The number of hydrogen-bond donors (Lipinski definition) is 1. The molecule has 0 fully saturated rings. The van der Waals surface area contributed by atoms with Crippen molar-refractivity contribution in [3.05, 3.63) is 56.5 Å². The van der Waals surface area contributed by atoms with Crippen LogP contribution in [-0.4, -0.2) is 43.2 Å². The number of methoxy groups -OCH3 is 3. The molecule has 2 aromatic carbocycles. The molecule has 0 saturated heterocycles. The van der Waals surface area contributed by atoms with Gasteiger partial charge in [-0.3, -0.25) is 9.69 Å². The first-order valence-corrected chi connectivity index (χ1v) is 9.40. The fourth-order valence-corrected chi connectivity index (χ4v) is 3.47. The fraction of sp³-hybridized carbons (Fsp3) is 0.300. The van der Waals surface area contributed by atoms with Gasteiger partial charge in [0, 0.05) is 22.6 Å². The van der Waals surface area contributed by atoms with Crippen molar-refractivity contribution < 1.29 is 14.2 Å². The van der Waals surface area contributed by atoms with E-state index < -0.39 is 0 Å². The molecule has 0 amide bonds. The summed E-state index contributed by atoms with van der Waals surface area (Å²) >= 11 is 3.49. The molecule has 7 nitrogen and oxygen atoms in total.